The van der Waals surface area contributed by atoms with E-state index in [4.69, 9.17) is 21.6 Å². The van der Waals surface area contributed by atoms with Crippen molar-refractivity contribution in [2.24, 2.45) is 16.6 Å². The van der Waals surface area contributed by atoms with Gasteiger partial charge in [-0.1, -0.05) is 24.8 Å². The number of carbonyl (C=O) groups is 1. The van der Waals surface area contributed by atoms with E-state index in [1.54, 1.807) is 9.91 Å². The maximum Gasteiger partial charge on any atom is 0.246 e. The summed E-state index contributed by atoms with van der Waals surface area (Å²) in [4.78, 5) is 13.6. The minimum atomic E-state index is -0.125. The number of hydrogen-bond donors (Lipinski definition) is 3. The van der Waals surface area contributed by atoms with Crippen LogP contribution in [-0.2, 0) is 4.79 Å². The number of nitrogens with two attached hydrogens (primary N) is 2. The standard InChI is InChI=1S/C23H24N6O2/c1-2-19(30)28-13-12-16(14-28)29-23(26)20(22(24)25)21(27-29)15-8-10-18(11-9-15)31-17-6-4-3-5-7-17/h2-11,16,26H,1,12-14,24-25H2. The van der Waals surface area contributed by atoms with E-state index in [-0.39, 0.29) is 23.6 Å². The summed E-state index contributed by atoms with van der Waals surface area (Å²) >= 11 is 0. The molecule has 31 heavy (non-hydrogen) atoms. The quantitative estimate of drug-likeness (QED) is 0.646. The van der Waals surface area contributed by atoms with Gasteiger partial charge in [0.1, 0.15) is 23.0 Å². The third kappa shape index (κ3) is 4.00. The van der Waals surface area contributed by atoms with Crippen molar-refractivity contribution in [1.82, 2.24) is 9.91 Å². The van der Waals surface area contributed by atoms with Crippen molar-refractivity contribution < 1.29 is 9.53 Å². The number of amidine groups is 1. The molecule has 4 rings (SSSR count). The van der Waals surface area contributed by atoms with E-state index in [2.05, 4.69) is 11.7 Å². The molecule has 8 heteroatoms. The predicted molar refractivity (Wildman–Crippen MR) is 120 cm³/mol. The Bertz CT molecular complexity index is 1070. The highest BCUT2D eigenvalue weighted by Crippen LogP contribution is 2.28. The molecule has 0 saturated carbocycles. The largest absolute Gasteiger partial charge is 0.457 e. The van der Waals surface area contributed by atoms with Crippen LogP contribution in [0.25, 0.3) is 0 Å². The molecule has 0 aliphatic carbocycles. The first-order valence-corrected chi connectivity index (χ1v) is 9.95. The molecule has 2 aromatic carbocycles. The number of benzene rings is 2. The molecule has 0 spiro atoms. The Morgan fingerprint density at radius 2 is 1.81 bits per heavy atom. The number of nitrogens with one attached hydrogen (secondary N) is 1. The average Bonchev–Trinajstić information content (AvgIpc) is 3.39. The van der Waals surface area contributed by atoms with Crippen LogP contribution in [0.1, 0.15) is 12.0 Å². The van der Waals surface area contributed by atoms with Crippen molar-refractivity contribution in [1.29, 1.82) is 5.41 Å². The number of ether oxygens (including phenoxy) is 1. The molecule has 2 heterocycles. The fourth-order valence-corrected chi connectivity index (χ4v) is 3.75. The van der Waals surface area contributed by atoms with E-state index < -0.39 is 0 Å². The molecule has 2 aliphatic rings. The van der Waals surface area contributed by atoms with Crippen LogP contribution in [0.2, 0.25) is 0 Å². The lowest BCUT2D eigenvalue weighted by atomic mass is 10.0. The van der Waals surface area contributed by atoms with Gasteiger partial charge in [0.2, 0.25) is 5.91 Å². The monoisotopic (exact) mass is 416 g/mol. The van der Waals surface area contributed by atoms with Crippen LogP contribution in [0.15, 0.2) is 83.7 Å². The molecule has 0 aromatic heterocycles. The van der Waals surface area contributed by atoms with Crippen molar-refractivity contribution in [3.63, 3.8) is 0 Å². The molecule has 1 saturated heterocycles. The van der Waals surface area contributed by atoms with Crippen LogP contribution in [0.5, 0.6) is 11.5 Å². The lowest BCUT2D eigenvalue weighted by Gasteiger charge is -2.22. The summed E-state index contributed by atoms with van der Waals surface area (Å²) in [6, 6.07) is 16.8. The predicted octanol–water partition coefficient (Wildman–Crippen LogP) is 2.39. The van der Waals surface area contributed by atoms with Gasteiger partial charge in [-0.25, -0.2) is 5.01 Å². The SMILES string of the molecule is C=CC(=O)N1CCC(N2N=C(c3ccc(Oc4ccccc4)cc3)C(=C(N)N)C2=N)C1. The molecular weight excluding hydrogens is 392 g/mol. The van der Waals surface area contributed by atoms with E-state index in [0.717, 1.165) is 11.3 Å². The second-order valence-corrected chi connectivity index (χ2v) is 7.34. The average molecular weight is 416 g/mol. The zero-order valence-corrected chi connectivity index (χ0v) is 17.0. The molecule has 2 aromatic rings. The molecule has 1 unspecified atom stereocenters. The van der Waals surface area contributed by atoms with Gasteiger partial charge in [-0.05, 0) is 48.9 Å². The number of para-hydroxylation sites is 1. The number of carbonyl (C=O) groups excluding carboxylic acids is 1. The Hall–Kier alpha value is -4.07. The lowest BCUT2D eigenvalue weighted by Crippen LogP contribution is -2.37. The van der Waals surface area contributed by atoms with E-state index >= 15 is 0 Å². The van der Waals surface area contributed by atoms with Crippen molar-refractivity contribution in [2.75, 3.05) is 13.1 Å². The van der Waals surface area contributed by atoms with Crippen LogP contribution < -0.4 is 16.2 Å². The molecule has 8 nitrogen and oxygen atoms in total. The number of hydrogen-bond acceptors (Lipinski definition) is 6. The summed E-state index contributed by atoms with van der Waals surface area (Å²) in [7, 11) is 0. The lowest BCUT2D eigenvalue weighted by molar-refractivity contribution is -0.125. The summed E-state index contributed by atoms with van der Waals surface area (Å²) in [5.41, 5.74) is 13.5. The second kappa shape index (κ2) is 8.35. The zero-order chi connectivity index (χ0) is 22.0. The van der Waals surface area contributed by atoms with Crippen LogP contribution in [0, 0.1) is 5.41 Å². The van der Waals surface area contributed by atoms with Gasteiger partial charge in [0.15, 0.2) is 5.84 Å². The first-order chi connectivity index (χ1) is 15.0. The highest BCUT2D eigenvalue weighted by molar-refractivity contribution is 6.32. The van der Waals surface area contributed by atoms with E-state index in [1.807, 2.05) is 54.6 Å². The fourth-order valence-electron chi connectivity index (χ4n) is 3.75. The van der Waals surface area contributed by atoms with Crippen LogP contribution in [0.4, 0.5) is 0 Å². The maximum absolute atomic E-state index is 11.9. The van der Waals surface area contributed by atoms with E-state index in [9.17, 15) is 4.79 Å². The fraction of sp³-hybridized carbons (Fsp3) is 0.174. The summed E-state index contributed by atoms with van der Waals surface area (Å²) in [5.74, 6) is 1.47. The Kier molecular flexibility index (Phi) is 5.44. The summed E-state index contributed by atoms with van der Waals surface area (Å²) < 4.78 is 5.84. The Morgan fingerprint density at radius 3 is 2.45 bits per heavy atom. The minimum Gasteiger partial charge on any atom is -0.457 e. The molecule has 2 aliphatic heterocycles. The minimum absolute atomic E-state index is 0.0351. The van der Waals surface area contributed by atoms with Crippen molar-refractivity contribution in [3.05, 3.63) is 84.2 Å². The van der Waals surface area contributed by atoms with Gasteiger partial charge in [0.05, 0.1) is 11.6 Å². The van der Waals surface area contributed by atoms with Crippen LogP contribution in [0.3, 0.4) is 0 Å². The highest BCUT2D eigenvalue weighted by Gasteiger charge is 2.38. The van der Waals surface area contributed by atoms with Gasteiger partial charge in [0.25, 0.3) is 0 Å². The molecule has 0 bridgehead atoms. The molecular formula is C23H24N6O2. The molecule has 1 amide bonds. The van der Waals surface area contributed by atoms with Crippen molar-refractivity contribution >= 4 is 17.5 Å². The highest BCUT2D eigenvalue weighted by atomic mass is 16.5. The molecule has 0 radical (unpaired) electrons. The maximum atomic E-state index is 11.9. The number of rotatable bonds is 5. The molecule has 1 atom stereocenters. The van der Waals surface area contributed by atoms with Gasteiger partial charge < -0.3 is 21.1 Å². The van der Waals surface area contributed by atoms with Gasteiger partial charge in [-0.15, -0.1) is 0 Å². The van der Waals surface area contributed by atoms with Crippen molar-refractivity contribution in [2.45, 2.75) is 12.5 Å². The Labute approximate surface area is 180 Å². The number of amides is 1. The topological polar surface area (TPSA) is 121 Å². The normalized spacial score (nSPS) is 18.2. The first-order valence-electron chi connectivity index (χ1n) is 9.95. The third-order valence-corrected chi connectivity index (χ3v) is 5.30. The van der Waals surface area contributed by atoms with Gasteiger partial charge in [-0.3, -0.25) is 10.2 Å². The summed E-state index contributed by atoms with van der Waals surface area (Å²) in [6.07, 6.45) is 2.00. The van der Waals surface area contributed by atoms with Gasteiger partial charge in [-0.2, -0.15) is 5.10 Å². The third-order valence-electron chi connectivity index (χ3n) is 5.30. The Balaban J connectivity index is 1.58. The van der Waals surface area contributed by atoms with Gasteiger partial charge in [0, 0.05) is 18.7 Å². The summed E-state index contributed by atoms with van der Waals surface area (Å²) in [6.45, 7) is 4.59. The van der Waals surface area contributed by atoms with E-state index in [1.165, 1.54) is 6.08 Å². The van der Waals surface area contributed by atoms with Crippen LogP contribution in [-0.4, -0.2) is 46.5 Å². The second-order valence-electron chi connectivity index (χ2n) is 7.34. The number of hydrazone groups is 1. The summed E-state index contributed by atoms with van der Waals surface area (Å²) in [5, 5.41) is 14.9. The molecule has 158 valence electrons. The van der Waals surface area contributed by atoms with Gasteiger partial charge >= 0.3 is 0 Å². The number of nitrogens with zero attached hydrogens (tertiary/aromatic N) is 3. The smallest absolute Gasteiger partial charge is 0.246 e. The molecule has 5 N–H and O–H groups in total. The molecule has 1 fully saturated rings. The Morgan fingerprint density at radius 1 is 1.13 bits per heavy atom. The first kappa shape index (κ1) is 20.2. The number of likely N-dealkylation sites (tertiary alicyclic amines) is 1. The van der Waals surface area contributed by atoms with Crippen molar-refractivity contribution in [3.8, 4) is 11.5 Å². The zero-order valence-electron chi connectivity index (χ0n) is 17.0. The van der Waals surface area contributed by atoms with Crippen LogP contribution >= 0.6 is 0 Å². The van der Waals surface area contributed by atoms with E-state index in [0.29, 0.717) is 36.5 Å².